The monoisotopic (exact) mass is 276 g/mol. The number of rotatable bonds is 4. The molecule has 0 fully saturated rings. The molecule has 0 aliphatic carbocycles. The Morgan fingerprint density at radius 2 is 1.84 bits per heavy atom. The normalized spacial score (nSPS) is 10.2. The van der Waals surface area contributed by atoms with Gasteiger partial charge in [0, 0.05) is 30.9 Å². The molecule has 1 heterocycles. The van der Waals surface area contributed by atoms with Crippen LogP contribution in [-0.4, -0.2) is 10.9 Å². The van der Waals surface area contributed by atoms with Crippen LogP contribution in [0.3, 0.4) is 0 Å². The van der Waals surface area contributed by atoms with Gasteiger partial charge in [0.15, 0.2) is 5.43 Å². The molecule has 0 spiro atoms. The van der Waals surface area contributed by atoms with Crippen LogP contribution in [0.15, 0.2) is 47.5 Å². The van der Waals surface area contributed by atoms with Crippen molar-refractivity contribution in [2.24, 2.45) is 0 Å². The maximum absolute atomic E-state index is 11.8. The summed E-state index contributed by atoms with van der Waals surface area (Å²) in [4.78, 5) is 26.0. The van der Waals surface area contributed by atoms with Gasteiger partial charge in [-0.3, -0.25) is 9.59 Å². The summed E-state index contributed by atoms with van der Waals surface area (Å²) in [5.74, 6) is 0.0785. The van der Waals surface area contributed by atoms with E-state index in [2.05, 4.69) is 10.3 Å². The van der Waals surface area contributed by atoms with Crippen molar-refractivity contribution >= 4 is 17.5 Å². The highest BCUT2D eigenvalue weighted by atomic mass is 35.5. The van der Waals surface area contributed by atoms with Gasteiger partial charge >= 0.3 is 0 Å². The minimum absolute atomic E-state index is 0.111. The summed E-state index contributed by atoms with van der Waals surface area (Å²) in [5, 5.41) is 2.70. The van der Waals surface area contributed by atoms with E-state index in [1.807, 2.05) is 24.3 Å². The number of amides is 1. The Morgan fingerprint density at radius 1 is 1.16 bits per heavy atom. The molecule has 2 aromatic rings. The minimum Gasteiger partial charge on any atom is -0.367 e. The fourth-order valence-corrected chi connectivity index (χ4v) is 1.80. The number of halogens is 1. The van der Waals surface area contributed by atoms with Crippen molar-refractivity contribution in [3.8, 4) is 0 Å². The first-order valence-electron chi connectivity index (χ1n) is 5.80. The molecule has 0 bridgehead atoms. The number of aromatic nitrogens is 1. The molecular formula is C14H13ClN2O2. The molecule has 1 aromatic heterocycles. The van der Waals surface area contributed by atoms with E-state index in [1.54, 1.807) is 0 Å². The zero-order valence-electron chi connectivity index (χ0n) is 10.2. The topological polar surface area (TPSA) is 62.0 Å². The lowest BCUT2D eigenvalue weighted by atomic mass is 10.1. The summed E-state index contributed by atoms with van der Waals surface area (Å²) in [7, 11) is 0. The zero-order chi connectivity index (χ0) is 13.7. The van der Waals surface area contributed by atoms with Crippen LogP contribution >= 0.6 is 11.6 Å². The standard InChI is InChI=1S/C14H13ClN2O2/c15-7-10-1-3-11(4-2-10)8-17-14(19)12-9-16-6-5-13(12)18/h1-6,9H,7-8H2,(H,16,18)(H,17,19). The van der Waals surface area contributed by atoms with Gasteiger partial charge in [0.1, 0.15) is 5.56 Å². The van der Waals surface area contributed by atoms with Gasteiger partial charge in [-0.05, 0) is 11.1 Å². The Kier molecular flexibility index (Phi) is 4.36. The number of aromatic amines is 1. The van der Waals surface area contributed by atoms with Gasteiger partial charge in [-0.1, -0.05) is 24.3 Å². The fraction of sp³-hybridized carbons (Fsp3) is 0.143. The molecule has 19 heavy (non-hydrogen) atoms. The summed E-state index contributed by atoms with van der Waals surface area (Å²) in [6.07, 6.45) is 2.89. The third-order valence-electron chi connectivity index (χ3n) is 2.70. The second-order valence-electron chi connectivity index (χ2n) is 4.06. The quantitative estimate of drug-likeness (QED) is 0.840. The highest BCUT2D eigenvalue weighted by Gasteiger charge is 2.08. The second-order valence-corrected chi connectivity index (χ2v) is 4.32. The van der Waals surface area contributed by atoms with Gasteiger partial charge in [0.05, 0.1) is 0 Å². The number of pyridine rings is 1. The Labute approximate surface area is 115 Å². The number of nitrogens with one attached hydrogen (secondary N) is 2. The predicted octanol–water partition coefficient (Wildman–Crippen LogP) is 2.04. The molecule has 0 radical (unpaired) electrons. The third-order valence-corrected chi connectivity index (χ3v) is 3.01. The number of carbonyl (C=O) groups is 1. The molecule has 0 saturated heterocycles. The van der Waals surface area contributed by atoms with Crippen LogP contribution < -0.4 is 10.7 Å². The average molecular weight is 277 g/mol. The van der Waals surface area contributed by atoms with E-state index < -0.39 is 0 Å². The smallest absolute Gasteiger partial charge is 0.257 e. The highest BCUT2D eigenvalue weighted by Crippen LogP contribution is 2.06. The molecule has 0 unspecified atom stereocenters. The van der Waals surface area contributed by atoms with Crippen LogP contribution in [-0.2, 0) is 12.4 Å². The van der Waals surface area contributed by atoms with Gasteiger partial charge in [0.25, 0.3) is 5.91 Å². The Morgan fingerprint density at radius 3 is 2.47 bits per heavy atom. The highest BCUT2D eigenvalue weighted by molar-refractivity contribution is 6.17. The SMILES string of the molecule is O=C(NCc1ccc(CCl)cc1)c1c[nH]ccc1=O. The molecule has 0 saturated carbocycles. The van der Waals surface area contributed by atoms with Crippen LogP contribution in [0.5, 0.6) is 0 Å². The summed E-state index contributed by atoms with van der Waals surface area (Å²) in [6, 6.07) is 8.93. The second kappa shape index (κ2) is 6.20. The number of hydrogen-bond acceptors (Lipinski definition) is 2. The molecule has 0 atom stereocenters. The zero-order valence-corrected chi connectivity index (χ0v) is 10.9. The molecule has 4 nitrogen and oxygen atoms in total. The summed E-state index contributed by atoms with van der Waals surface area (Å²) >= 11 is 5.70. The van der Waals surface area contributed by atoms with Crippen molar-refractivity contribution in [3.63, 3.8) is 0 Å². The first kappa shape index (κ1) is 13.4. The van der Waals surface area contributed by atoms with Crippen molar-refractivity contribution in [3.05, 3.63) is 69.6 Å². The van der Waals surface area contributed by atoms with Crippen molar-refractivity contribution in [1.29, 1.82) is 0 Å². The molecule has 2 rings (SSSR count). The molecule has 1 amide bonds. The minimum atomic E-state index is -0.386. The van der Waals surface area contributed by atoms with Crippen LogP contribution in [0.4, 0.5) is 0 Å². The number of benzene rings is 1. The lowest BCUT2D eigenvalue weighted by Crippen LogP contribution is -2.27. The van der Waals surface area contributed by atoms with Gasteiger partial charge in [-0.25, -0.2) is 0 Å². The molecule has 5 heteroatoms. The van der Waals surface area contributed by atoms with E-state index in [0.29, 0.717) is 12.4 Å². The first-order chi connectivity index (χ1) is 9.20. The van der Waals surface area contributed by atoms with Gasteiger partial charge in [0.2, 0.25) is 0 Å². The van der Waals surface area contributed by atoms with Crippen LogP contribution in [0.1, 0.15) is 21.5 Å². The fourth-order valence-electron chi connectivity index (χ4n) is 1.62. The Balaban J connectivity index is 2.00. The molecule has 0 aliphatic heterocycles. The maximum Gasteiger partial charge on any atom is 0.257 e. The van der Waals surface area contributed by atoms with Crippen LogP contribution in [0.2, 0.25) is 0 Å². The number of H-pyrrole nitrogens is 1. The first-order valence-corrected chi connectivity index (χ1v) is 6.33. The van der Waals surface area contributed by atoms with E-state index in [1.165, 1.54) is 18.5 Å². The van der Waals surface area contributed by atoms with E-state index >= 15 is 0 Å². The van der Waals surface area contributed by atoms with Crippen molar-refractivity contribution in [2.45, 2.75) is 12.4 Å². The van der Waals surface area contributed by atoms with Crippen molar-refractivity contribution < 1.29 is 4.79 Å². The van der Waals surface area contributed by atoms with Crippen LogP contribution in [0.25, 0.3) is 0 Å². The van der Waals surface area contributed by atoms with Crippen LogP contribution in [0, 0.1) is 0 Å². The van der Waals surface area contributed by atoms with Gasteiger partial charge < -0.3 is 10.3 Å². The average Bonchev–Trinajstić information content (AvgIpc) is 2.46. The van der Waals surface area contributed by atoms with E-state index in [0.717, 1.165) is 11.1 Å². The summed E-state index contributed by atoms with van der Waals surface area (Å²) in [5.41, 5.74) is 1.79. The van der Waals surface area contributed by atoms with E-state index in [9.17, 15) is 9.59 Å². The molecular weight excluding hydrogens is 264 g/mol. The van der Waals surface area contributed by atoms with Gasteiger partial charge in [-0.2, -0.15) is 0 Å². The van der Waals surface area contributed by atoms with Crippen molar-refractivity contribution in [2.75, 3.05) is 0 Å². The number of alkyl halides is 1. The number of hydrogen-bond donors (Lipinski definition) is 2. The largest absolute Gasteiger partial charge is 0.367 e. The molecule has 2 N–H and O–H groups in total. The summed E-state index contributed by atoms with van der Waals surface area (Å²) < 4.78 is 0. The summed E-state index contributed by atoms with van der Waals surface area (Å²) in [6.45, 7) is 0.371. The third kappa shape index (κ3) is 3.45. The van der Waals surface area contributed by atoms with Gasteiger partial charge in [-0.15, -0.1) is 11.6 Å². The Bertz CT molecular complexity index is 620. The lowest BCUT2D eigenvalue weighted by molar-refractivity contribution is 0.0949. The number of carbonyl (C=O) groups excluding carboxylic acids is 1. The predicted molar refractivity (Wildman–Crippen MR) is 74.2 cm³/mol. The maximum atomic E-state index is 11.8. The molecule has 1 aromatic carbocycles. The van der Waals surface area contributed by atoms with Crippen molar-refractivity contribution in [1.82, 2.24) is 10.3 Å². The molecule has 98 valence electrons. The van der Waals surface area contributed by atoms with E-state index in [-0.39, 0.29) is 16.9 Å². The van der Waals surface area contributed by atoms with E-state index in [4.69, 9.17) is 11.6 Å². The molecule has 0 aliphatic rings. The lowest BCUT2D eigenvalue weighted by Gasteiger charge is -2.05. The Hall–Kier alpha value is -2.07.